The number of likely N-dealkylation sites (tertiary alicyclic amines) is 1. The average molecular weight is 359 g/mol. The first-order valence-corrected chi connectivity index (χ1v) is 9.12. The molecule has 2 heterocycles. The van der Waals surface area contributed by atoms with Crippen LogP contribution in [0.25, 0.3) is 0 Å². The Morgan fingerprint density at radius 1 is 1.08 bits per heavy atom. The van der Waals surface area contributed by atoms with Gasteiger partial charge >= 0.3 is 0 Å². The lowest BCUT2D eigenvalue weighted by molar-refractivity contribution is -0.143. The second-order valence-corrected chi connectivity index (χ2v) is 6.85. The quantitative estimate of drug-likeness (QED) is 0.861. The summed E-state index contributed by atoms with van der Waals surface area (Å²) in [5.41, 5.74) is 1.30. The molecule has 0 aliphatic carbocycles. The zero-order valence-corrected chi connectivity index (χ0v) is 15.0. The van der Waals surface area contributed by atoms with Crippen molar-refractivity contribution in [3.63, 3.8) is 0 Å². The molecular formula is C19H25N3O4. The number of anilines is 2. The Balaban J connectivity index is 1.50. The van der Waals surface area contributed by atoms with Crippen molar-refractivity contribution in [1.29, 1.82) is 0 Å². The molecule has 0 radical (unpaired) electrons. The zero-order chi connectivity index (χ0) is 18.5. The number of carbonyl (C=O) groups is 3. The fraction of sp³-hybridized carbons (Fsp3) is 0.526. The highest BCUT2D eigenvalue weighted by atomic mass is 16.5. The Kier molecular flexibility index (Phi) is 5.88. The number of piperidine rings is 1. The molecule has 1 unspecified atom stereocenters. The topological polar surface area (TPSA) is 87.7 Å². The van der Waals surface area contributed by atoms with Crippen molar-refractivity contribution < 1.29 is 19.1 Å². The van der Waals surface area contributed by atoms with Gasteiger partial charge < -0.3 is 20.3 Å². The van der Waals surface area contributed by atoms with Crippen LogP contribution in [-0.4, -0.2) is 48.4 Å². The molecule has 2 fully saturated rings. The van der Waals surface area contributed by atoms with E-state index in [0.29, 0.717) is 43.9 Å². The standard InChI is InChI=1S/C19H25N3O4/c1-13(23)20-15-4-2-5-16(12-15)21-18(24)14-7-9-22(10-8-14)19(25)17-6-3-11-26-17/h2,4-5,12,14,17H,3,6-11H2,1H3,(H,20,23)(H,21,24). The van der Waals surface area contributed by atoms with E-state index in [1.54, 1.807) is 24.3 Å². The molecule has 0 bridgehead atoms. The summed E-state index contributed by atoms with van der Waals surface area (Å²) in [4.78, 5) is 37.8. The number of benzene rings is 1. The lowest BCUT2D eigenvalue weighted by Gasteiger charge is -2.32. The third-order valence-electron chi connectivity index (χ3n) is 4.83. The van der Waals surface area contributed by atoms with Crippen LogP contribution in [0, 0.1) is 5.92 Å². The summed E-state index contributed by atoms with van der Waals surface area (Å²) in [6, 6.07) is 7.07. The smallest absolute Gasteiger partial charge is 0.251 e. The fourth-order valence-corrected chi connectivity index (χ4v) is 3.46. The van der Waals surface area contributed by atoms with Crippen molar-refractivity contribution >= 4 is 29.1 Å². The summed E-state index contributed by atoms with van der Waals surface area (Å²) in [6.45, 7) is 3.27. The van der Waals surface area contributed by atoms with Crippen LogP contribution < -0.4 is 10.6 Å². The average Bonchev–Trinajstić information content (AvgIpc) is 3.15. The molecule has 26 heavy (non-hydrogen) atoms. The maximum Gasteiger partial charge on any atom is 0.251 e. The van der Waals surface area contributed by atoms with Crippen molar-refractivity contribution in [3.05, 3.63) is 24.3 Å². The number of rotatable bonds is 4. The third-order valence-corrected chi connectivity index (χ3v) is 4.83. The zero-order valence-electron chi connectivity index (χ0n) is 15.0. The van der Waals surface area contributed by atoms with Crippen LogP contribution in [0.5, 0.6) is 0 Å². The number of hydrogen-bond donors (Lipinski definition) is 2. The lowest BCUT2D eigenvalue weighted by atomic mass is 9.95. The van der Waals surface area contributed by atoms with E-state index >= 15 is 0 Å². The monoisotopic (exact) mass is 359 g/mol. The summed E-state index contributed by atoms with van der Waals surface area (Å²) >= 11 is 0. The van der Waals surface area contributed by atoms with Crippen LogP contribution >= 0.6 is 0 Å². The minimum atomic E-state index is -0.295. The maximum atomic E-state index is 12.5. The minimum Gasteiger partial charge on any atom is -0.368 e. The van der Waals surface area contributed by atoms with Gasteiger partial charge in [-0.3, -0.25) is 14.4 Å². The molecule has 2 N–H and O–H groups in total. The van der Waals surface area contributed by atoms with Gasteiger partial charge in [0.15, 0.2) is 0 Å². The fourth-order valence-electron chi connectivity index (χ4n) is 3.46. The number of nitrogens with one attached hydrogen (secondary N) is 2. The Labute approximate surface area is 153 Å². The van der Waals surface area contributed by atoms with Gasteiger partial charge in [0.1, 0.15) is 6.10 Å². The predicted molar refractivity (Wildman–Crippen MR) is 97.7 cm³/mol. The first-order valence-electron chi connectivity index (χ1n) is 9.12. The van der Waals surface area contributed by atoms with Gasteiger partial charge in [0, 0.05) is 43.9 Å². The molecule has 1 aromatic carbocycles. The van der Waals surface area contributed by atoms with Gasteiger partial charge in [0.25, 0.3) is 5.91 Å². The van der Waals surface area contributed by atoms with Gasteiger partial charge in [-0.1, -0.05) is 6.07 Å². The summed E-state index contributed by atoms with van der Waals surface area (Å²) < 4.78 is 5.46. The van der Waals surface area contributed by atoms with Crippen molar-refractivity contribution in [2.45, 2.75) is 38.7 Å². The van der Waals surface area contributed by atoms with Crippen LogP contribution in [0.2, 0.25) is 0 Å². The molecule has 7 nitrogen and oxygen atoms in total. The normalized spacial score (nSPS) is 20.7. The first-order chi connectivity index (χ1) is 12.5. The highest BCUT2D eigenvalue weighted by Crippen LogP contribution is 2.23. The van der Waals surface area contributed by atoms with Gasteiger partial charge in [0.05, 0.1) is 0 Å². The van der Waals surface area contributed by atoms with E-state index in [1.165, 1.54) is 6.92 Å². The Morgan fingerprint density at radius 3 is 2.38 bits per heavy atom. The molecule has 1 atom stereocenters. The number of nitrogens with zero attached hydrogens (tertiary/aromatic N) is 1. The maximum absolute atomic E-state index is 12.5. The van der Waals surface area contributed by atoms with Crippen LogP contribution in [-0.2, 0) is 19.1 Å². The molecule has 0 aromatic heterocycles. The molecule has 0 spiro atoms. The van der Waals surface area contributed by atoms with Crippen molar-refractivity contribution in [3.8, 4) is 0 Å². The molecule has 140 valence electrons. The van der Waals surface area contributed by atoms with Gasteiger partial charge in [-0.15, -0.1) is 0 Å². The Hall–Kier alpha value is -2.41. The summed E-state index contributed by atoms with van der Waals surface area (Å²) in [5.74, 6) is -0.261. The summed E-state index contributed by atoms with van der Waals surface area (Å²) in [5, 5.41) is 5.60. The van der Waals surface area contributed by atoms with Gasteiger partial charge in [0.2, 0.25) is 11.8 Å². The van der Waals surface area contributed by atoms with E-state index in [2.05, 4.69) is 10.6 Å². The van der Waals surface area contributed by atoms with E-state index in [9.17, 15) is 14.4 Å². The lowest BCUT2D eigenvalue weighted by Crippen LogP contribution is -2.45. The molecule has 1 aromatic rings. The second kappa shape index (κ2) is 8.31. The van der Waals surface area contributed by atoms with Gasteiger partial charge in [-0.2, -0.15) is 0 Å². The SMILES string of the molecule is CC(=O)Nc1cccc(NC(=O)C2CCN(C(=O)C3CCCO3)CC2)c1. The second-order valence-electron chi connectivity index (χ2n) is 6.85. The van der Waals surface area contributed by atoms with E-state index < -0.39 is 0 Å². The van der Waals surface area contributed by atoms with Crippen molar-refractivity contribution in [2.24, 2.45) is 5.92 Å². The molecule has 7 heteroatoms. The van der Waals surface area contributed by atoms with Crippen molar-refractivity contribution in [1.82, 2.24) is 4.90 Å². The Bertz CT molecular complexity index is 677. The summed E-state index contributed by atoms with van der Waals surface area (Å²) in [6.07, 6.45) is 2.74. The van der Waals surface area contributed by atoms with Crippen LogP contribution in [0.4, 0.5) is 11.4 Å². The molecule has 0 saturated carbocycles. The number of ether oxygens (including phenoxy) is 1. The first kappa shape index (κ1) is 18.4. The van der Waals surface area contributed by atoms with Crippen LogP contribution in [0.15, 0.2) is 24.3 Å². The Morgan fingerprint density at radius 2 is 1.77 bits per heavy atom. The predicted octanol–water partition coefficient (Wildman–Crippen LogP) is 2.00. The number of amides is 3. The van der Waals surface area contributed by atoms with E-state index in [4.69, 9.17) is 4.74 Å². The molecule has 3 amide bonds. The third kappa shape index (κ3) is 4.60. The largest absolute Gasteiger partial charge is 0.368 e. The highest BCUT2D eigenvalue weighted by molar-refractivity contribution is 5.94. The number of carbonyl (C=O) groups excluding carboxylic acids is 3. The molecular weight excluding hydrogens is 334 g/mol. The van der Waals surface area contributed by atoms with Crippen LogP contribution in [0.3, 0.4) is 0 Å². The highest BCUT2D eigenvalue weighted by Gasteiger charge is 2.32. The van der Waals surface area contributed by atoms with E-state index in [0.717, 1.165) is 12.8 Å². The molecule has 3 rings (SSSR count). The van der Waals surface area contributed by atoms with Gasteiger partial charge in [-0.25, -0.2) is 0 Å². The van der Waals surface area contributed by atoms with E-state index in [-0.39, 0.29) is 29.7 Å². The van der Waals surface area contributed by atoms with Crippen molar-refractivity contribution in [2.75, 3.05) is 30.3 Å². The summed E-state index contributed by atoms with van der Waals surface area (Å²) in [7, 11) is 0. The van der Waals surface area contributed by atoms with E-state index in [1.807, 2.05) is 4.90 Å². The molecule has 2 aliphatic heterocycles. The molecule has 2 saturated heterocycles. The van der Waals surface area contributed by atoms with Crippen LogP contribution in [0.1, 0.15) is 32.6 Å². The number of hydrogen-bond acceptors (Lipinski definition) is 4. The minimum absolute atomic E-state index is 0.0470. The molecule has 2 aliphatic rings. The van der Waals surface area contributed by atoms with Gasteiger partial charge in [-0.05, 0) is 43.9 Å².